The number of nitrogens with zero attached hydrogens (tertiary/aromatic N) is 1. The van der Waals surface area contributed by atoms with Crippen LogP contribution in [0.5, 0.6) is 0 Å². The van der Waals surface area contributed by atoms with Crippen LogP contribution in [0.1, 0.15) is 18.4 Å². The van der Waals surface area contributed by atoms with E-state index in [0.717, 1.165) is 29.7 Å². The van der Waals surface area contributed by atoms with Crippen molar-refractivity contribution in [2.45, 2.75) is 12.8 Å². The third-order valence-corrected chi connectivity index (χ3v) is 10.3. The van der Waals surface area contributed by atoms with Gasteiger partial charge in [-0.15, -0.1) is 0 Å². The molecule has 0 saturated carbocycles. The highest BCUT2D eigenvalue weighted by molar-refractivity contribution is 5.86. The number of pyridine rings is 1. The van der Waals surface area contributed by atoms with Crippen LogP contribution in [-0.4, -0.2) is 4.98 Å². The molecule has 9 rings (SSSR count). The van der Waals surface area contributed by atoms with Gasteiger partial charge in [-0.2, -0.15) is 0 Å². The molecule has 54 heavy (non-hydrogen) atoms. The Kier molecular flexibility index (Phi) is 9.19. The molecule has 0 amide bonds. The number of hydrogen-bond donors (Lipinski definition) is 0. The molecule has 0 spiro atoms. The molecule has 1 heteroatoms. The Morgan fingerprint density at radius 3 is 1.17 bits per heavy atom. The second kappa shape index (κ2) is 15.0. The lowest BCUT2D eigenvalue weighted by molar-refractivity contribution is 1.04. The van der Waals surface area contributed by atoms with Crippen LogP contribution in [0.2, 0.25) is 0 Å². The predicted octanol–water partition coefficient (Wildman–Crippen LogP) is 14.5. The largest absolute Gasteiger partial charge is 0.256 e. The summed E-state index contributed by atoms with van der Waals surface area (Å²) < 4.78 is 0. The lowest BCUT2D eigenvalue weighted by Crippen LogP contribution is -1.89. The van der Waals surface area contributed by atoms with Crippen molar-refractivity contribution < 1.29 is 0 Å². The fourth-order valence-electron chi connectivity index (χ4n) is 7.49. The smallest absolute Gasteiger partial charge is 0.0702 e. The molecular weight excluding hydrogens is 651 g/mol. The van der Waals surface area contributed by atoms with Crippen LogP contribution in [0, 0.1) is 0 Å². The molecule has 0 unspecified atom stereocenters. The summed E-state index contributed by atoms with van der Waals surface area (Å²) in [6.45, 7) is 0. The molecule has 0 bridgehead atoms. The van der Waals surface area contributed by atoms with Crippen molar-refractivity contribution in [2.24, 2.45) is 0 Å². The maximum absolute atomic E-state index is 4.65. The van der Waals surface area contributed by atoms with Crippen LogP contribution in [0.15, 0.2) is 212 Å². The normalized spacial score (nSPS) is 12.3. The van der Waals surface area contributed by atoms with Gasteiger partial charge in [-0.1, -0.05) is 146 Å². The second-order valence-electron chi connectivity index (χ2n) is 13.9. The number of allylic oxidation sites excluding steroid dienone is 4. The number of benzene rings is 7. The standard InChI is InChI=1S/C53H39N/c1-3-14-38(15-4-1)40-18-9-20-42(30-40)44-22-11-24-46(32-44)50-35-51(37-52(36-50)48-26-13-27-49(34-48)53-28-7-8-29-54-53)47-25-12-23-45(33-47)43-21-10-19-41(31-43)39-16-5-2-6-17-39/h1,3-5,7-37H,2,6H2. The SMILES string of the molecule is C1=CC(c2cccc(-c3cccc(-c4cc(-c5cccc(-c6cccc(-c7ccccc7)c6)c5)cc(-c5cccc(-c6ccccn6)c5)c4)c3)c2)=CCC1. The molecule has 0 radical (unpaired) electrons. The molecule has 0 aliphatic heterocycles. The zero-order valence-electron chi connectivity index (χ0n) is 30.1. The topological polar surface area (TPSA) is 12.9 Å². The highest BCUT2D eigenvalue weighted by Crippen LogP contribution is 2.37. The van der Waals surface area contributed by atoms with E-state index in [1.165, 1.54) is 72.3 Å². The van der Waals surface area contributed by atoms with Crippen LogP contribution < -0.4 is 0 Å². The van der Waals surface area contributed by atoms with Gasteiger partial charge in [0, 0.05) is 11.8 Å². The fourth-order valence-corrected chi connectivity index (χ4v) is 7.49. The summed E-state index contributed by atoms with van der Waals surface area (Å²) in [6, 6.07) is 68.1. The Bertz CT molecular complexity index is 2650. The maximum Gasteiger partial charge on any atom is 0.0702 e. The summed E-state index contributed by atoms with van der Waals surface area (Å²) in [5, 5.41) is 0. The lowest BCUT2D eigenvalue weighted by atomic mass is 9.90. The van der Waals surface area contributed by atoms with Crippen LogP contribution in [0.25, 0.3) is 83.6 Å². The Balaban J connectivity index is 1.14. The van der Waals surface area contributed by atoms with Crippen LogP contribution >= 0.6 is 0 Å². The maximum atomic E-state index is 4.65. The summed E-state index contributed by atoms with van der Waals surface area (Å²) in [5.41, 5.74) is 18.9. The molecule has 1 aromatic heterocycles. The Morgan fingerprint density at radius 2 is 0.685 bits per heavy atom. The third kappa shape index (κ3) is 7.13. The van der Waals surface area contributed by atoms with E-state index in [0.29, 0.717) is 0 Å². The van der Waals surface area contributed by atoms with Crippen molar-refractivity contribution in [3.05, 3.63) is 218 Å². The minimum Gasteiger partial charge on any atom is -0.256 e. The molecule has 0 atom stereocenters. The van der Waals surface area contributed by atoms with E-state index >= 15 is 0 Å². The molecule has 1 aliphatic carbocycles. The summed E-state index contributed by atoms with van der Waals surface area (Å²) >= 11 is 0. The monoisotopic (exact) mass is 689 g/mol. The first-order chi connectivity index (χ1) is 26.7. The van der Waals surface area contributed by atoms with E-state index in [1.807, 2.05) is 18.3 Å². The van der Waals surface area contributed by atoms with Gasteiger partial charge in [0.2, 0.25) is 0 Å². The number of hydrogen-bond acceptors (Lipinski definition) is 1. The summed E-state index contributed by atoms with van der Waals surface area (Å²) in [5.74, 6) is 0. The zero-order chi connectivity index (χ0) is 36.1. The minimum atomic E-state index is 0.968. The van der Waals surface area contributed by atoms with Crippen LogP contribution in [-0.2, 0) is 0 Å². The summed E-state index contributed by atoms with van der Waals surface area (Å²) in [4.78, 5) is 4.65. The van der Waals surface area contributed by atoms with Crippen molar-refractivity contribution in [1.29, 1.82) is 0 Å². The van der Waals surface area contributed by atoms with Gasteiger partial charge >= 0.3 is 0 Å². The van der Waals surface area contributed by atoms with E-state index in [4.69, 9.17) is 0 Å². The predicted molar refractivity (Wildman–Crippen MR) is 229 cm³/mol. The highest BCUT2D eigenvalue weighted by atomic mass is 14.7. The van der Waals surface area contributed by atoms with Crippen molar-refractivity contribution in [2.75, 3.05) is 0 Å². The van der Waals surface area contributed by atoms with Gasteiger partial charge in [0.05, 0.1) is 5.69 Å². The minimum absolute atomic E-state index is 0.968. The Labute approximate surface area is 318 Å². The van der Waals surface area contributed by atoms with E-state index in [1.54, 1.807) is 0 Å². The lowest BCUT2D eigenvalue weighted by Gasteiger charge is -2.14. The molecule has 1 nitrogen and oxygen atoms in total. The first kappa shape index (κ1) is 33.0. The fraction of sp³-hybridized carbons (Fsp3) is 0.0377. The van der Waals surface area contributed by atoms with Gasteiger partial charge in [0.15, 0.2) is 0 Å². The van der Waals surface area contributed by atoms with Gasteiger partial charge in [0.25, 0.3) is 0 Å². The summed E-state index contributed by atoms with van der Waals surface area (Å²) in [6.07, 6.45) is 10.9. The number of aromatic nitrogens is 1. The van der Waals surface area contributed by atoms with E-state index in [-0.39, 0.29) is 0 Å². The van der Waals surface area contributed by atoms with Crippen molar-refractivity contribution in [3.63, 3.8) is 0 Å². The van der Waals surface area contributed by atoms with Gasteiger partial charge in [-0.25, -0.2) is 0 Å². The second-order valence-corrected chi connectivity index (χ2v) is 13.9. The molecule has 0 saturated heterocycles. The van der Waals surface area contributed by atoms with E-state index in [2.05, 4.69) is 199 Å². The van der Waals surface area contributed by atoms with Crippen LogP contribution in [0.3, 0.4) is 0 Å². The quantitative estimate of drug-likeness (QED) is 0.155. The van der Waals surface area contributed by atoms with Gasteiger partial charge in [-0.05, 0) is 151 Å². The molecule has 7 aromatic carbocycles. The molecule has 0 fully saturated rings. The number of rotatable bonds is 8. The van der Waals surface area contributed by atoms with E-state index in [9.17, 15) is 0 Å². The molecule has 8 aromatic rings. The first-order valence-electron chi connectivity index (χ1n) is 18.7. The molecular formula is C53H39N. The summed E-state index contributed by atoms with van der Waals surface area (Å²) in [7, 11) is 0. The molecule has 1 aliphatic rings. The third-order valence-electron chi connectivity index (χ3n) is 10.3. The molecule has 256 valence electrons. The first-order valence-corrected chi connectivity index (χ1v) is 18.7. The molecule has 1 heterocycles. The average Bonchev–Trinajstić information content (AvgIpc) is 3.27. The van der Waals surface area contributed by atoms with Crippen molar-refractivity contribution >= 4 is 5.57 Å². The van der Waals surface area contributed by atoms with Gasteiger partial charge in [0.1, 0.15) is 0 Å². The van der Waals surface area contributed by atoms with Gasteiger partial charge < -0.3 is 0 Å². The highest BCUT2D eigenvalue weighted by Gasteiger charge is 2.12. The zero-order valence-corrected chi connectivity index (χ0v) is 30.1. The van der Waals surface area contributed by atoms with E-state index < -0.39 is 0 Å². The Morgan fingerprint density at radius 1 is 0.296 bits per heavy atom. The van der Waals surface area contributed by atoms with Crippen molar-refractivity contribution in [3.8, 4) is 78.0 Å². The van der Waals surface area contributed by atoms with Crippen molar-refractivity contribution in [1.82, 2.24) is 4.98 Å². The van der Waals surface area contributed by atoms with Gasteiger partial charge in [-0.3, -0.25) is 4.98 Å². The molecule has 0 N–H and O–H groups in total. The Hall–Kier alpha value is -6.83. The van der Waals surface area contributed by atoms with Crippen LogP contribution in [0.4, 0.5) is 0 Å². The average molecular weight is 690 g/mol.